The molecule has 0 heterocycles. The summed E-state index contributed by atoms with van der Waals surface area (Å²) in [7, 11) is 0. The second-order valence-corrected chi connectivity index (χ2v) is 5.03. The van der Waals surface area contributed by atoms with E-state index in [0.717, 1.165) is 5.56 Å². The maximum atomic E-state index is 13.4. The molecule has 0 aliphatic heterocycles. The van der Waals surface area contributed by atoms with Crippen molar-refractivity contribution in [3.8, 4) is 0 Å². The van der Waals surface area contributed by atoms with Gasteiger partial charge < -0.3 is 4.74 Å². The molecule has 0 aliphatic carbocycles. The molecule has 0 aromatic heterocycles. The third-order valence-corrected chi connectivity index (χ3v) is 3.27. The molecule has 0 aliphatic rings. The van der Waals surface area contributed by atoms with Gasteiger partial charge in [-0.2, -0.15) is 12.6 Å². The number of esters is 1. The van der Waals surface area contributed by atoms with Crippen LogP contribution in [0.2, 0.25) is 0 Å². The van der Waals surface area contributed by atoms with Crippen LogP contribution in [-0.4, -0.2) is 11.2 Å². The van der Waals surface area contributed by atoms with Crippen LogP contribution in [0.1, 0.15) is 11.1 Å². The van der Waals surface area contributed by atoms with Crippen molar-refractivity contribution in [3.63, 3.8) is 0 Å². The van der Waals surface area contributed by atoms with E-state index in [4.69, 9.17) is 4.74 Å². The Morgan fingerprint density at radius 3 is 2.45 bits per heavy atom. The molecule has 0 saturated carbocycles. The van der Waals surface area contributed by atoms with Gasteiger partial charge in [-0.1, -0.05) is 48.5 Å². The topological polar surface area (TPSA) is 26.3 Å². The van der Waals surface area contributed by atoms with Crippen LogP contribution in [0.25, 0.3) is 0 Å². The maximum absolute atomic E-state index is 13.4. The van der Waals surface area contributed by atoms with Crippen molar-refractivity contribution in [2.75, 3.05) is 0 Å². The summed E-state index contributed by atoms with van der Waals surface area (Å²) < 4.78 is 18.5. The van der Waals surface area contributed by atoms with E-state index in [1.807, 2.05) is 30.3 Å². The molecule has 2 aromatic carbocycles. The number of ether oxygens (including phenoxy) is 1. The van der Waals surface area contributed by atoms with Gasteiger partial charge in [0, 0.05) is 5.56 Å². The first-order chi connectivity index (χ1) is 9.66. The predicted octanol–water partition coefficient (Wildman–Crippen LogP) is 3.41. The highest BCUT2D eigenvalue weighted by Crippen LogP contribution is 2.12. The molecule has 0 radical (unpaired) electrons. The lowest BCUT2D eigenvalue weighted by molar-refractivity contribution is -0.144. The number of benzene rings is 2. The molecule has 4 heteroatoms. The number of thiol groups is 1. The zero-order valence-electron chi connectivity index (χ0n) is 10.8. The summed E-state index contributed by atoms with van der Waals surface area (Å²) in [4.78, 5) is 11.8. The van der Waals surface area contributed by atoms with Crippen molar-refractivity contribution < 1.29 is 13.9 Å². The fraction of sp³-hybridized carbons (Fsp3) is 0.188. The molecule has 0 bridgehead atoms. The molecule has 0 fully saturated rings. The Bertz CT molecular complexity index is 572. The van der Waals surface area contributed by atoms with Crippen LogP contribution in [0.5, 0.6) is 0 Å². The van der Waals surface area contributed by atoms with Crippen LogP contribution in [-0.2, 0) is 22.6 Å². The standard InChI is InChI=1S/C16H15FO2S/c17-14-9-5-4-8-13(14)11-19-16(18)15(20)10-12-6-2-1-3-7-12/h1-9,15,20H,10-11H2. The average Bonchev–Trinajstić information content (AvgIpc) is 2.47. The molecule has 1 atom stereocenters. The van der Waals surface area contributed by atoms with Gasteiger partial charge in [-0.15, -0.1) is 0 Å². The smallest absolute Gasteiger partial charge is 0.319 e. The maximum Gasteiger partial charge on any atom is 0.319 e. The molecule has 0 N–H and O–H groups in total. The van der Waals surface area contributed by atoms with Gasteiger partial charge in [0.25, 0.3) is 0 Å². The van der Waals surface area contributed by atoms with Gasteiger partial charge >= 0.3 is 5.97 Å². The highest BCUT2D eigenvalue weighted by atomic mass is 32.1. The van der Waals surface area contributed by atoms with Crippen LogP contribution in [0.3, 0.4) is 0 Å². The zero-order valence-corrected chi connectivity index (χ0v) is 11.7. The third-order valence-electron chi connectivity index (χ3n) is 2.87. The second-order valence-electron chi connectivity index (χ2n) is 4.40. The SMILES string of the molecule is O=C(OCc1ccccc1F)C(S)Cc1ccccc1. The first-order valence-electron chi connectivity index (χ1n) is 6.29. The molecule has 2 aromatic rings. The summed E-state index contributed by atoms with van der Waals surface area (Å²) in [5.74, 6) is -0.820. The van der Waals surface area contributed by atoms with Crippen LogP contribution in [0, 0.1) is 5.82 Å². The van der Waals surface area contributed by atoms with E-state index >= 15 is 0 Å². The summed E-state index contributed by atoms with van der Waals surface area (Å²) in [6.07, 6.45) is 0.486. The molecule has 20 heavy (non-hydrogen) atoms. The van der Waals surface area contributed by atoms with Gasteiger partial charge in [-0.25, -0.2) is 4.39 Å². The fourth-order valence-electron chi connectivity index (χ4n) is 1.78. The van der Waals surface area contributed by atoms with Crippen molar-refractivity contribution in [2.24, 2.45) is 0 Å². The quantitative estimate of drug-likeness (QED) is 0.674. The Hall–Kier alpha value is -1.81. The Labute approximate surface area is 123 Å². The molecule has 1 unspecified atom stereocenters. The normalized spacial score (nSPS) is 11.9. The van der Waals surface area contributed by atoms with E-state index in [9.17, 15) is 9.18 Å². The number of carbonyl (C=O) groups excluding carboxylic acids is 1. The third kappa shape index (κ3) is 4.10. The van der Waals surface area contributed by atoms with E-state index in [1.54, 1.807) is 18.2 Å². The molecule has 0 spiro atoms. The van der Waals surface area contributed by atoms with Gasteiger partial charge in [-0.3, -0.25) is 4.79 Å². The molecular formula is C16H15FO2S. The number of carbonyl (C=O) groups is 1. The van der Waals surface area contributed by atoms with E-state index < -0.39 is 11.2 Å². The number of hydrogen-bond donors (Lipinski definition) is 1. The highest BCUT2D eigenvalue weighted by molar-refractivity contribution is 7.81. The molecule has 0 saturated heterocycles. The lowest BCUT2D eigenvalue weighted by Crippen LogP contribution is -2.20. The predicted molar refractivity (Wildman–Crippen MR) is 79.1 cm³/mol. The van der Waals surface area contributed by atoms with Crippen LogP contribution in [0.4, 0.5) is 4.39 Å². The lowest BCUT2D eigenvalue weighted by Gasteiger charge is -2.11. The van der Waals surface area contributed by atoms with Gasteiger partial charge in [0.1, 0.15) is 17.7 Å². The van der Waals surface area contributed by atoms with Gasteiger partial charge in [0.15, 0.2) is 0 Å². The van der Waals surface area contributed by atoms with Crippen LogP contribution in [0.15, 0.2) is 54.6 Å². The van der Waals surface area contributed by atoms with Crippen molar-refractivity contribution in [3.05, 3.63) is 71.5 Å². The minimum absolute atomic E-state index is 0.0721. The van der Waals surface area contributed by atoms with Gasteiger partial charge in [0.2, 0.25) is 0 Å². The lowest BCUT2D eigenvalue weighted by atomic mass is 10.1. The Balaban J connectivity index is 1.87. The zero-order chi connectivity index (χ0) is 14.4. The number of rotatable bonds is 5. The number of halogens is 1. The Morgan fingerprint density at radius 1 is 1.10 bits per heavy atom. The first-order valence-corrected chi connectivity index (χ1v) is 6.80. The highest BCUT2D eigenvalue weighted by Gasteiger charge is 2.16. The monoisotopic (exact) mass is 290 g/mol. The summed E-state index contributed by atoms with van der Waals surface area (Å²) in [6, 6.07) is 15.8. The molecule has 2 rings (SSSR count). The summed E-state index contributed by atoms with van der Waals surface area (Å²) in [6.45, 7) is -0.0721. The fourth-order valence-corrected chi connectivity index (χ4v) is 2.07. The molecule has 2 nitrogen and oxygen atoms in total. The average molecular weight is 290 g/mol. The van der Waals surface area contributed by atoms with Crippen LogP contribution < -0.4 is 0 Å². The van der Waals surface area contributed by atoms with E-state index in [2.05, 4.69) is 12.6 Å². The second kappa shape index (κ2) is 7.10. The van der Waals surface area contributed by atoms with Crippen LogP contribution >= 0.6 is 12.6 Å². The first kappa shape index (κ1) is 14.6. The van der Waals surface area contributed by atoms with Crippen molar-refractivity contribution in [2.45, 2.75) is 18.3 Å². The van der Waals surface area contributed by atoms with E-state index in [0.29, 0.717) is 12.0 Å². The van der Waals surface area contributed by atoms with Gasteiger partial charge in [0.05, 0.1) is 0 Å². The Morgan fingerprint density at radius 2 is 1.75 bits per heavy atom. The van der Waals surface area contributed by atoms with Gasteiger partial charge in [-0.05, 0) is 18.1 Å². The number of hydrogen-bond acceptors (Lipinski definition) is 3. The minimum Gasteiger partial charge on any atom is -0.460 e. The molecule has 104 valence electrons. The summed E-state index contributed by atoms with van der Waals surface area (Å²) >= 11 is 4.24. The molecule has 0 amide bonds. The summed E-state index contributed by atoms with van der Waals surface area (Å²) in [5, 5.41) is -0.552. The van der Waals surface area contributed by atoms with Crippen molar-refractivity contribution >= 4 is 18.6 Å². The Kier molecular flexibility index (Phi) is 5.18. The van der Waals surface area contributed by atoms with E-state index in [-0.39, 0.29) is 12.4 Å². The van der Waals surface area contributed by atoms with Crippen molar-refractivity contribution in [1.29, 1.82) is 0 Å². The molecular weight excluding hydrogens is 275 g/mol. The van der Waals surface area contributed by atoms with E-state index in [1.165, 1.54) is 6.07 Å². The summed E-state index contributed by atoms with van der Waals surface area (Å²) in [5.41, 5.74) is 1.37. The largest absolute Gasteiger partial charge is 0.460 e. The van der Waals surface area contributed by atoms with Crippen molar-refractivity contribution in [1.82, 2.24) is 0 Å². The minimum atomic E-state index is -0.552.